The number of hydrogen-bond donors (Lipinski definition) is 2. The van der Waals surface area contributed by atoms with Gasteiger partial charge in [-0.05, 0) is 37.5 Å². The van der Waals surface area contributed by atoms with Crippen molar-refractivity contribution < 1.29 is 9.32 Å². The lowest BCUT2D eigenvalue weighted by Crippen LogP contribution is -2.19. The van der Waals surface area contributed by atoms with E-state index in [0.717, 1.165) is 29.9 Å². The van der Waals surface area contributed by atoms with Gasteiger partial charge in [0.15, 0.2) is 5.82 Å². The summed E-state index contributed by atoms with van der Waals surface area (Å²) in [5.74, 6) is 1.77. The van der Waals surface area contributed by atoms with Crippen molar-refractivity contribution in [3.63, 3.8) is 0 Å². The van der Waals surface area contributed by atoms with Crippen molar-refractivity contribution in [2.24, 2.45) is 0 Å². The van der Waals surface area contributed by atoms with Crippen molar-refractivity contribution in [2.45, 2.75) is 32.2 Å². The first kappa shape index (κ1) is 13.6. The largest absolute Gasteiger partial charge is 0.376 e. The summed E-state index contributed by atoms with van der Waals surface area (Å²) in [4.78, 5) is 16.1. The van der Waals surface area contributed by atoms with Gasteiger partial charge in [-0.15, -0.1) is 0 Å². The predicted octanol–water partition coefficient (Wildman–Crippen LogP) is 2.23. The van der Waals surface area contributed by atoms with Gasteiger partial charge in [0.1, 0.15) is 0 Å². The summed E-state index contributed by atoms with van der Waals surface area (Å²) in [6, 6.07) is 5.58. The number of anilines is 1. The van der Waals surface area contributed by atoms with Gasteiger partial charge in [0.25, 0.3) is 5.91 Å². The van der Waals surface area contributed by atoms with E-state index in [-0.39, 0.29) is 5.91 Å². The van der Waals surface area contributed by atoms with Gasteiger partial charge in [-0.1, -0.05) is 11.2 Å². The maximum Gasteiger partial charge on any atom is 0.251 e. The molecule has 3 rings (SSSR count). The SMILES string of the molecule is CNC(=O)c1cccc(NCc2nc(C3CC3)no2)c1C. The van der Waals surface area contributed by atoms with Crippen LogP contribution in [-0.2, 0) is 6.54 Å². The quantitative estimate of drug-likeness (QED) is 0.881. The number of rotatable bonds is 5. The van der Waals surface area contributed by atoms with Gasteiger partial charge in [-0.3, -0.25) is 4.79 Å². The fourth-order valence-corrected chi connectivity index (χ4v) is 2.23. The highest BCUT2D eigenvalue weighted by molar-refractivity contribution is 5.96. The van der Waals surface area contributed by atoms with Gasteiger partial charge in [0, 0.05) is 24.2 Å². The minimum atomic E-state index is -0.0926. The average molecular weight is 286 g/mol. The first-order valence-electron chi connectivity index (χ1n) is 7.07. The maximum absolute atomic E-state index is 11.8. The van der Waals surface area contributed by atoms with E-state index in [4.69, 9.17) is 4.52 Å². The fraction of sp³-hybridized carbons (Fsp3) is 0.400. The molecule has 1 aliphatic rings. The number of aromatic nitrogens is 2. The third kappa shape index (κ3) is 2.89. The van der Waals surface area contributed by atoms with Crippen LogP contribution in [0.3, 0.4) is 0 Å². The second-order valence-electron chi connectivity index (χ2n) is 5.23. The third-order valence-electron chi connectivity index (χ3n) is 3.66. The second-order valence-corrected chi connectivity index (χ2v) is 5.23. The Kier molecular flexibility index (Phi) is 3.60. The molecular formula is C15H18N4O2. The predicted molar refractivity (Wildman–Crippen MR) is 78.2 cm³/mol. The van der Waals surface area contributed by atoms with E-state index in [1.807, 2.05) is 19.1 Å². The van der Waals surface area contributed by atoms with Gasteiger partial charge in [0.05, 0.1) is 6.54 Å². The van der Waals surface area contributed by atoms with E-state index in [0.29, 0.717) is 23.9 Å². The Morgan fingerprint density at radius 2 is 2.24 bits per heavy atom. The van der Waals surface area contributed by atoms with E-state index in [9.17, 15) is 4.79 Å². The first-order valence-corrected chi connectivity index (χ1v) is 7.07. The van der Waals surface area contributed by atoms with Gasteiger partial charge < -0.3 is 15.2 Å². The molecular weight excluding hydrogens is 268 g/mol. The Morgan fingerprint density at radius 1 is 1.43 bits per heavy atom. The standard InChI is InChI=1S/C15H18N4O2/c1-9-11(15(20)16-2)4-3-5-12(9)17-8-13-18-14(19-21-13)10-6-7-10/h3-5,10,17H,6-8H2,1-2H3,(H,16,20). The summed E-state index contributed by atoms with van der Waals surface area (Å²) < 4.78 is 5.22. The van der Waals surface area contributed by atoms with Crippen LogP contribution < -0.4 is 10.6 Å². The molecule has 1 aliphatic carbocycles. The Balaban J connectivity index is 1.70. The zero-order chi connectivity index (χ0) is 14.8. The molecule has 21 heavy (non-hydrogen) atoms. The van der Waals surface area contributed by atoms with Crippen LogP contribution >= 0.6 is 0 Å². The Hall–Kier alpha value is -2.37. The molecule has 1 amide bonds. The molecule has 6 heteroatoms. The zero-order valence-corrected chi connectivity index (χ0v) is 12.1. The van der Waals surface area contributed by atoms with Crippen LogP contribution in [0.2, 0.25) is 0 Å². The molecule has 6 nitrogen and oxygen atoms in total. The minimum absolute atomic E-state index is 0.0926. The molecule has 1 aromatic heterocycles. The van der Waals surface area contributed by atoms with E-state index in [1.165, 1.54) is 0 Å². The molecule has 0 spiro atoms. The van der Waals surface area contributed by atoms with Crippen molar-refractivity contribution in [1.29, 1.82) is 0 Å². The summed E-state index contributed by atoms with van der Waals surface area (Å²) in [5.41, 5.74) is 2.45. The second kappa shape index (κ2) is 5.55. The van der Waals surface area contributed by atoms with Crippen LogP contribution in [0.25, 0.3) is 0 Å². The maximum atomic E-state index is 11.8. The Morgan fingerprint density at radius 3 is 2.95 bits per heavy atom. The summed E-state index contributed by atoms with van der Waals surface area (Å²) in [6.07, 6.45) is 2.30. The smallest absolute Gasteiger partial charge is 0.251 e. The van der Waals surface area contributed by atoms with Crippen molar-refractivity contribution >= 4 is 11.6 Å². The number of hydrogen-bond acceptors (Lipinski definition) is 5. The number of nitrogens with one attached hydrogen (secondary N) is 2. The topological polar surface area (TPSA) is 80.0 Å². The monoisotopic (exact) mass is 286 g/mol. The molecule has 0 saturated heterocycles. The van der Waals surface area contributed by atoms with E-state index < -0.39 is 0 Å². The highest BCUT2D eigenvalue weighted by atomic mass is 16.5. The Bertz CT molecular complexity index is 661. The van der Waals surface area contributed by atoms with Crippen LogP contribution in [0.5, 0.6) is 0 Å². The molecule has 2 N–H and O–H groups in total. The van der Waals surface area contributed by atoms with Gasteiger partial charge >= 0.3 is 0 Å². The van der Waals surface area contributed by atoms with E-state index in [1.54, 1.807) is 13.1 Å². The van der Waals surface area contributed by atoms with Crippen molar-refractivity contribution in [1.82, 2.24) is 15.5 Å². The molecule has 0 unspecified atom stereocenters. The van der Waals surface area contributed by atoms with Crippen molar-refractivity contribution in [3.05, 3.63) is 41.0 Å². The van der Waals surface area contributed by atoms with Crippen LogP contribution in [0, 0.1) is 6.92 Å². The number of carbonyl (C=O) groups excluding carboxylic acids is 1. The number of benzene rings is 1. The van der Waals surface area contributed by atoms with Gasteiger partial charge in [-0.2, -0.15) is 4.98 Å². The van der Waals surface area contributed by atoms with Crippen LogP contribution in [0.15, 0.2) is 22.7 Å². The van der Waals surface area contributed by atoms with Crippen molar-refractivity contribution in [3.8, 4) is 0 Å². The normalized spacial score (nSPS) is 14.0. The number of carbonyl (C=O) groups is 1. The summed E-state index contributed by atoms with van der Waals surface area (Å²) in [5, 5.41) is 9.86. The minimum Gasteiger partial charge on any atom is -0.376 e. The number of nitrogens with zero attached hydrogens (tertiary/aromatic N) is 2. The number of amides is 1. The fourth-order valence-electron chi connectivity index (χ4n) is 2.23. The lowest BCUT2D eigenvalue weighted by molar-refractivity contribution is 0.0962. The molecule has 110 valence electrons. The average Bonchev–Trinajstić information content (AvgIpc) is 3.24. The van der Waals surface area contributed by atoms with Crippen LogP contribution in [0.1, 0.15) is 46.4 Å². The lowest BCUT2D eigenvalue weighted by atomic mass is 10.1. The molecule has 0 atom stereocenters. The molecule has 0 bridgehead atoms. The van der Waals surface area contributed by atoms with Gasteiger partial charge in [0.2, 0.25) is 5.89 Å². The molecule has 1 fully saturated rings. The zero-order valence-electron chi connectivity index (χ0n) is 12.1. The van der Waals surface area contributed by atoms with E-state index >= 15 is 0 Å². The van der Waals surface area contributed by atoms with Crippen LogP contribution in [-0.4, -0.2) is 23.1 Å². The molecule has 2 aromatic rings. The Labute approximate surface area is 122 Å². The summed E-state index contributed by atoms with van der Waals surface area (Å²) in [7, 11) is 1.62. The van der Waals surface area contributed by atoms with Crippen LogP contribution in [0.4, 0.5) is 5.69 Å². The highest BCUT2D eigenvalue weighted by Gasteiger charge is 2.28. The summed E-state index contributed by atoms with van der Waals surface area (Å²) >= 11 is 0. The lowest BCUT2D eigenvalue weighted by Gasteiger charge is -2.11. The summed E-state index contributed by atoms with van der Waals surface area (Å²) in [6.45, 7) is 2.37. The third-order valence-corrected chi connectivity index (χ3v) is 3.66. The first-order chi connectivity index (χ1) is 10.2. The highest BCUT2D eigenvalue weighted by Crippen LogP contribution is 2.38. The van der Waals surface area contributed by atoms with Crippen molar-refractivity contribution in [2.75, 3.05) is 12.4 Å². The molecule has 1 heterocycles. The van der Waals surface area contributed by atoms with E-state index in [2.05, 4.69) is 20.8 Å². The molecule has 1 aromatic carbocycles. The molecule has 1 saturated carbocycles. The van der Waals surface area contributed by atoms with Gasteiger partial charge in [-0.25, -0.2) is 0 Å². The molecule has 0 aliphatic heterocycles. The molecule has 0 radical (unpaired) electrons.